The molecular weight excluding hydrogens is 306 g/mol. The van der Waals surface area contributed by atoms with E-state index in [0.29, 0.717) is 5.89 Å². The zero-order valence-corrected chi connectivity index (χ0v) is 14.8. The molecule has 124 valence electrons. The van der Waals surface area contributed by atoms with Gasteiger partial charge in [0, 0.05) is 5.56 Å². The summed E-state index contributed by atoms with van der Waals surface area (Å²) in [4.78, 5) is 4.56. The summed E-state index contributed by atoms with van der Waals surface area (Å²) in [6.45, 7) is 6.70. The molecule has 4 aromatic rings. The Balaban J connectivity index is 1.63. The molecule has 2 heteroatoms. The predicted molar refractivity (Wildman–Crippen MR) is 104 cm³/mol. The van der Waals surface area contributed by atoms with Crippen LogP contribution in [0.1, 0.15) is 26.3 Å². The lowest BCUT2D eigenvalue weighted by atomic mass is 9.86. The van der Waals surface area contributed by atoms with Crippen molar-refractivity contribution < 1.29 is 4.42 Å². The van der Waals surface area contributed by atoms with Crippen LogP contribution in [0.25, 0.3) is 33.7 Å². The van der Waals surface area contributed by atoms with Gasteiger partial charge < -0.3 is 4.42 Å². The molecule has 0 N–H and O–H groups in total. The summed E-state index contributed by atoms with van der Waals surface area (Å²) >= 11 is 0. The van der Waals surface area contributed by atoms with Crippen LogP contribution in [0.5, 0.6) is 0 Å². The molecule has 0 unspecified atom stereocenters. The van der Waals surface area contributed by atoms with Crippen molar-refractivity contribution in [2.75, 3.05) is 0 Å². The summed E-state index contributed by atoms with van der Waals surface area (Å²) in [6, 6.07) is 25.0. The molecule has 2 nitrogen and oxygen atoms in total. The van der Waals surface area contributed by atoms with Crippen LogP contribution in [0.3, 0.4) is 0 Å². The number of hydrogen-bond donors (Lipinski definition) is 0. The third-order valence-corrected chi connectivity index (χ3v) is 4.51. The predicted octanol–water partition coefficient (Wildman–Crippen LogP) is 6.46. The molecule has 1 aromatic heterocycles. The summed E-state index contributed by atoms with van der Waals surface area (Å²) in [6.07, 6.45) is 0. The molecule has 0 fully saturated rings. The van der Waals surface area contributed by atoms with Crippen LogP contribution >= 0.6 is 0 Å². The van der Waals surface area contributed by atoms with Crippen molar-refractivity contribution in [2.24, 2.45) is 0 Å². The zero-order chi connectivity index (χ0) is 17.4. The second kappa shape index (κ2) is 5.89. The van der Waals surface area contributed by atoms with Crippen molar-refractivity contribution in [1.82, 2.24) is 4.98 Å². The number of rotatable bonds is 2. The Hall–Kier alpha value is -2.87. The van der Waals surface area contributed by atoms with Crippen molar-refractivity contribution in [3.63, 3.8) is 0 Å². The van der Waals surface area contributed by atoms with Gasteiger partial charge in [0.15, 0.2) is 5.58 Å². The van der Waals surface area contributed by atoms with Crippen molar-refractivity contribution in [2.45, 2.75) is 26.2 Å². The van der Waals surface area contributed by atoms with Gasteiger partial charge in [-0.1, -0.05) is 69.3 Å². The quantitative estimate of drug-likeness (QED) is 0.422. The zero-order valence-electron chi connectivity index (χ0n) is 14.8. The third-order valence-electron chi connectivity index (χ3n) is 4.51. The topological polar surface area (TPSA) is 26.0 Å². The minimum absolute atomic E-state index is 0.176. The molecule has 0 spiro atoms. The first kappa shape index (κ1) is 15.6. The lowest BCUT2D eigenvalue weighted by molar-refractivity contribution is 0.590. The van der Waals surface area contributed by atoms with E-state index in [2.05, 4.69) is 74.3 Å². The van der Waals surface area contributed by atoms with Crippen molar-refractivity contribution in [1.29, 1.82) is 0 Å². The van der Waals surface area contributed by atoms with Gasteiger partial charge in [-0.05, 0) is 46.4 Å². The maximum atomic E-state index is 5.84. The SMILES string of the molecule is CC(C)(C)c1ccc(-c2ccc(-c3nc4ccccc4o3)cc2)cc1. The Kier molecular flexibility index (Phi) is 3.69. The summed E-state index contributed by atoms with van der Waals surface area (Å²) in [5.74, 6) is 0.663. The lowest BCUT2D eigenvalue weighted by Gasteiger charge is -2.19. The normalized spacial score (nSPS) is 11.8. The molecule has 25 heavy (non-hydrogen) atoms. The average molecular weight is 327 g/mol. The van der Waals surface area contributed by atoms with Gasteiger partial charge in [-0.25, -0.2) is 4.98 Å². The highest BCUT2D eigenvalue weighted by atomic mass is 16.3. The first-order chi connectivity index (χ1) is 12.0. The van der Waals surface area contributed by atoms with Crippen LogP contribution in [0, 0.1) is 0 Å². The standard InChI is InChI=1S/C23H21NO/c1-23(2,3)19-14-12-17(13-15-19)16-8-10-18(11-9-16)22-24-20-6-4-5-7-21(20)25-22/h4-15H,1-3H3. The van der Waals surface area contributed by atoms with Gasteiger partial charge in [-0.2, -0.15) is 0 Å². The van der Waals surface area contributed by atoms with E-state index in [-0.39, 0.29) is 5.41 Å². The molecule has 0 aliphatic carbocycles. The molecular formula is C23H21NO. The van der Waals surface area contributed by atoms with E-state index in [9.17, 15) is 0 Å². The van der Waals surface area contributed by atoms with Gasteiger partial charge in [0.2, 0.25) is 5.89 Å². The molecule has 0 amide bonds. The average Bonchev–Trinajstić information content (AvgIpc) is 3.05. The van der Waals surface area contributed by atoms with E-state index in [4.69, 9.17) is 4.42 Å². The number of hydrogen-bond acceptors (Lipinski definition) is 2. The Bertz CT molecular complexity index is 970. The number of para-hydroxylation sites is 2. The second-order valence-electron chi connectivity index (χ2n) is 7.39. The highest BCUT2D eigenvalue weighted by Crippen LogP contribution is 2.29. The van der Waals surface area contributed by atoms with Gasteiger partial charge in [0.25, 0.3) is 0 Å². The number of benzene rings is 3. The minimum atomic E-state index is 0.176. The Morgan fingerprint density at radius 2 is 1.24 bits per heavy atom. The van der Waals surface area contributed by atoms with Gasteiger partial charge in [0.1, 0.15) is 5.52 Å². The van der Waals surface area contributed by atoms with E-state index in [1.165, 1.54) is 16.7 Å². The number of oxazole rings is 1. The number of aromatic nitrogens is 1. The van der Waals surface area contributed by atoms with E-state index in [1.807, 2.05) is 24.3 Å². The van der Waals surface area contributed by atoms with Crippen LogP contribution in [0.2, 0.25) is 0 Å². The number of fused-ring (bicyclic) bond motifs is 1. The largest absolute Gasteiger partial charge is 0.436 e. The van der Waals surface area contributed by atoms with E-state index in [1.54, 1.807) is 0 Å². The third kappa shape index (κ3) is 3.08. The van der Waals surface area contributed by atoms with E-state index in [0.717, 1.165) is 16.7 Å². The summed E-state index contributed by atoms with van der Waals surface area (Å²) in [5, 5.41) is 0. The van der Waals surface area contributed by atoms with Crippen LogP contribution in [0.4, 0.5) is 0 Å². The summed E-state index contributed by atoms with van der Waals surface area (Å²) in [7, 11) is 0. The van der Waals surface area contributed by atoms with Crippen LogP contribution in [-0.4, -0.2) is 4.98 Å². The van der Waals surface area contributed by atoms with Gasteiger partial charge in [-0.3, -0.25) is 0 Å². The molecule has 0 bridgehead atoms. The van der Waals surface area contributed by atoms with Gasteiger partial charge >= 0.3 is 0 Å². The maximum Gasteiger partial charge on any atom is 0.227 e. The molecule has 0 aliphatic heterocycles. The Morgan fingerprint density at radius 1 is 0.680 bits per heavy atom. The fourth-order valence-corrected chi connectivity index (χ4v) is 2.96. The van der Waals surface area contributed by atoms with Gasteiger partial charge in [0.05, 0.1) is 0 Å². The fourth-order valence-electron chi connectivity index (χ4n) is 2.96. The smallest absolute Gasteiger partial charge is 0.227 e. The van der Waals surface area contributed by atoms with Gasteiger partial charge in [-0.15, -0.1) is 0 Å². The van der Waals surface area contributed by atoms with Crippen LogP contribution in [-0.2, 0) is 5.41 Å². The highest BCUT2D eigenvalue weighted by Gasteiger charge is 2.13. The van der Waals surface area contributed by atoms with E-state index >= 15 is 0 Å². The van der Waals surface area contributed by atoms with Crippen LogP contribution < -0.4 is 0 Å². The highest BCUT2D eigenvalue weighted by molar-refractivity contribution is 5.76. The Morgan fingerprint density at radius 3 is 1.84 bits per heavy atom. The van der Waals surface area contributed by atoms with E-state index < -0.39 is 0 Å². The van der Waals surface area contributed by atoms with Crippen molar-refractivity contribution in [3.8, 4) is 22.6 Å². The second-order valence-corrected chi connectivity index (χ2v) is 7.39. The minimum Gasteiger partial charge on any atom is -0.436 e. The fraction of sp³-hybridized carbons (Fsp3) is 0.174. The Labute approximate surface area is 148 Å². The summed E-state index contributed by atoms with van der Waals surface area (Å²) in [5.41, 5.74) is 6.64. The first-order valence-electron chi connectivity index (χ1n) is 8.58. The monoisotopic (exact) mass is 327 g/mol. The van der Waals surface area contributed by atoms with Crippen molar-refractivity contribution >= 4 is 11.1 Å². The lowest BCUT2D eigenvalue weighted by Crippen LogP contribution is -2.10. The molecule has 1 heterocycles. The molecule has 0 radical (unpaired) electrons. The first-order valence-corrected chi connectivity index (χ1v) is 8.58. The molecule has 0 aliphatic rings. The molecule has 0 saturated carbocycles. The maximum absolute atomic E-state index is 5.84. The molecule has 0 saturated heterocycles. The van der Waals surface area contributed by atoms with Crippen LogP contribution in [0.15, 0.2) is 77.2 Å². The molecule has 0 atom stereocenters. The molecule has 4 rings (SSSR count). The molecule has 3 aromatic carbocycles. The summed E-state index contributed by atoms with van der Waals surface area (Å²) < 4.78 is 5.84. The van der Waals surface area contributed by atoms with Crippen molar-refractivity contribution in [3.05, 3.63) is 78.4 Å². The number of nitrogens with zero attached hydrogens (tertiary/aromatic N) is 1.